The summed E-state index contributed by atoms with van der Waals surface area (Å²) in [4.78, 5) is 27.3. The lowest BCUT2D eigenvalue weighted by molar-refractivity contribution is -0.155. The van der Waals surface area contributed by atoms with Gasteiger partial charge in [0.15, 0.2) is 5.60 Å². The zero-order chi connectivity index (χ0) is 15.5. The van der Waals surface area contributed by atoms with Gasteiger partial charge in [0.2, 0.25) is 0 Å². The molecule has 1 atom stereocenters. The fraction of sp³-hybridized carbons (Fsp3) is 0.400. The number of hydrogen-bond acceptors (Lipinski definition) is 6. The summed E-state index contributed by atoms with van der Waals surface area (Å²) >= 11 is 0. The highest BCUT2D eigenvalue weighted by molar-refractivity contribution is 5.99. The number of hydrogen-bond donors (Lipinski definition) is 0. The zero-order valence-electron chi connectivity index (χ0n) is 12.2. The van der Waals surface area contributed by atoms with Gasteiger partial charge in [-0.3, -0.25) is 4.79 Å². The highest BCUT2D eigenvalue weighted by Gasteiger charge is 2.41. The van der Waals surface area contributed by atoms with E-state index in [0.717, 1.165) is 5.56 Å². The molecule has 2 rings (SSSR count). The van der Waals surface area contributed by atoms with Crippen molar-refractivity contribution < 1.29 is 23.9 Å². The predicted molar refractivity (Wildman–Crippen MR) is 74.9 cm³/mol. The van der Waals surface area contributed by atoms with E-state index >= 15 is 0 Å². The Morgan fingerprint density at radius 2 is 1.95 bits per heavy atom. The van der Waals surface area contributed by atoms with Crippen molar-refractivity contribution in [3.63, 3.8) is 0 Å². The molecular weight excluding hydrogens is 274 g/mol. The van der Waals surface area contributed by atoms with Gasteiger partial charge in [-0.1, -0.05) is 17.3 Å². The van der Waals surface area contributed by atoms with Gasteiger partial charge in [-0.2, -0.15) is 0 Å². The van der Waals surface area contributed by atoms with Gasteiger partial charge >= 0.3 is 11.9 Å². The highest BCUT2D eigenvalue weighted by atomic mass is 16.7. The van der Waals surface area contributed by atoms with Crippen molar-refractivity contribution in [3.8, 4) is 5.75 Å². The van der Waals surface area contributed by atoms with E-state index in [-0.39, 0.29) is 12.4 Å². The molecule has 1 aliphatic rings. The Morgan fingerprint density at radius 1 is 1.29 bits per heavy atom. The molecule has 0 radical (unpaired) electrons. The Labute approximate surface area is 122 Å². The van der Waals surface area contributed by atoms with Crippen LogP contribution in [0.4, 0.5) is 0 Å². The van der Waals surface area contributed by atoms with E-state index in [1.807, 2.05) is 0 Å². The third kappa shape index (κ3) is 3.21. The third-order valence-electron chi connectivity index (χ3n) is 3.36. The lowest BCUT2D eigenvalue weighted by atomic mass is 9.86. The first kappa shape index (κ1) is 15.0. The normalized spacial score (nSPS) is 23.6. The molecule has 0 spiro atoms. The molecule has 6 heteroatoms. The molecule has 0 N–H and O–H groups in total. The van der Waals surface area contributed by atoms with Crippen LogP contribution in [-0.2, 0) is 24.8 Å². The summed E-state index contributed by atoms with van der Waals surface area (Å²) in [7, 11) is 1.57. The maximum Gasteiger partial charge on any atom is 0.331 e. The summed E-state index contributed by atoms with van der Waals surface area (Å²) in [5.41, 5.74) is 0.196. The molecular formula is C15H17NO5. The molecule has 21 heavy (non-hydrogen) atoms. The molecule has 1 saturated heterocycles. The molecule has 112 valence electrons. The Bertz CT molecular complexity index is 578. The van der Waals surface area contributed by atoms with Crippen LogP contribution in [0.25, 0.3) is 0 Å². The monoisotopic (exact) mass is 291 g/mol. The van der Waals surface area contributed by atoms with Gasteiger partial charge < -0.3 is 14.3 Å². The second kappa shape index (κ2) is 5.95. The molecule has 0 bridgehead atoms. The minimum Gasteiger partial charge on any atom is -0.497 e. The first-order chi connectivity index (χ1) is 9.95. The van der Waals surface area contributed by atoms with Crippen molar-refractivity contribution in [2.45, 2.75) is 32.3 Å². The second-order valence-electron chi connectivity index (χ2n) is 4.86. The van der Waals surface area contributed by atoms with E-state index in [4.69, 9.17) is 14.3 Å². The van der Waals surface area contributed by atoms with Crippen molar-refractivity contribution in [1.29, 1.82) is 0 Å². The lowest BCUT2D eigenvalue weighted by Gasteiger charge is -2.34. The molecule has 1 aromatic rings. The molecule has 1 unspecified atom stereocenters. The van der Waals surface area contributed by atoms with Crippen molar-refractivity contribution in [2.75, 3.05) is 7.11 Å². The molecule has 1 heterocycles. The number of carbonyl (C=O) groups excluding carboxylic acids is 2. The molecule has 1 aromatic carbocycles. The molecule has 1 aliphatic heterocycles. The van der Waals surface area contributed by atoms with Crippen LogP contribution in [0.2, 0.25) is 0 Å². The zero-order valence-corrected chi connectivity index (χ0v) is 12.2. The quantitative estimate of drug-likeness (QED) is 0.484. The van der Waals surface area contributed by atoms with Gasteiger partial charge in [0, 0.05) is 18.9 Å². The Morgan fingerprint density at radius 3 is 2.52 bits per heavy atom. The Hall–Kier alpha value is -2.37. The third-order valence-corrected chi connectivity index (χ3v) is 3.36. The Balaban J connectivity index is 2.37. The topological polar surface area (TPSA) is 74.2 Å². The number of benzene rings is 1. The maximum absolute atomic E-state index is 11.6. The van der Waals surface area contributed by atoms with E-state index in [9.17, 15) is 9.59 Å². The number of methoxy groups -OCH3 is 1. The van der Waals surface area contributed by atoms with Gasteiger partial charge in [0.1, 0.15) is 11.5 Å². The number of rotatable bonds is 3. The molecule has 0 saturated carbocycles. The van der Waals surface area contributed by atoms with Crippen LogP contribution in [0.3, 0.4) is 0 Å². The summed E-state index contributed by atoms with van der Waals surface area (Å²) in [5, 5.41) is 3.85. The second-order valence-corrected chi connectivity index (χ2v) is 4.86. The molecule has 6 nitrogen and oxygen atoms in total. The first-order valence-corrected chi connectivity index (χ1v) is 6.57. The maximum atomic E-state index is 11.6. The average molecular weight is 291 g/mol. The fourth-order valence-corrected chi connectivity index (χ4v) is 2.18. The van der Waals surface area contributed by atoms with Crippen LogP contribution in [-0.4, -0.2) is 24.8 Å². The van der Waals surface area contributed by atoms with Crippen LogP contribution in [0, 0.1) is 0 Å². The minimum absolute atomic E-state index is 0.214. The lowest BCUT2D eigenvalue weighted by Crippen LogP contribution is -2.42. The number of cyclic esters (lactones) is 1. The van der Waals surface area contributed by atoms with E-state index < -0.39 is 11.6 Å². The van der Waals surface area contributed by atoms with Crippen molar-refractivity contribution in [2.24, 2.45) is 5.16 Å². The number of carbonyl (C=O) groups is 2. The standard InChI is InChI=1S/C15H17NO5/c1-10(17)21-16-13-8-9-14(18)20-15(13,2)11-4-6-12(19-3)7-5-11/h4-7H,8-9H2,1-3H3. The highest BCUT2D eigenvalue weighted by Crippen LogP contribution is 2.34. The minimum atomic E-state index is -1.04. The summed E-state index contributed by atoms with van der Waals surface area (Å²) in [6.45, 7) is 3.00. The number of ether oxygens (including phenoxy) is 2. The van der Waals surface area contributed by atoms with Crippen molar-refractivity contribution in [1.82, 2.24) is 0 Å². The van der Waals surface area contributed by atoms with E-state index in [0.29, 0.717) is 17.9 Å². The van der Waals surface area contributed by atoms with Crippen LogP contribution < -0.4 is 4.74 Å². The van der Waals surface area contributed by atoms with Crippen LogP contribution >= 0.6 is 0 Å². The molecule has 1 fully saturated rings. The van der Waals surface area contributed by atoms with E-state index in [1.54, 1.807) is 38.3 Å². The van der Waals surface area contributed by atoms with Crippen molar-refractivity contribution in [3.05, 3.63) is 29.8 Å². The molecule has 0 aliphatic carbocycles. The first-order valence-electron chi connectivity index (χ1n) is 6.57. The largest absolute Gasteiger partial charge is 0.497 e. The van der Waals surface area contributed by atoms with Crippen LogP contribution in [0.5, 0.6) is 5.75 Å². The van der Waals surface area contributed by atoms with Gasteiger partial charge in [-0.15, -0.1) is 0 Å². The number of nitrogens with zero attached hydrogens (tertiary/aromatic N) is 1. The molecule has 0 aromatic heterocycles. The Kier molecular flexibility index (Phi) is 4.26. The van der Waals surface area contributed by atoms with Crippen LogP contribution in [0.1, 0.15) is 32.3 Å². The van der Waals surface area contributed by atoms with E-state index in [2.05, 4.69) is 5.16 Å². The smallest absolute Gasteiger partial charge is 0.331 e. The van der Waals surface area contributed by atoms with Crippen molar-refractivity contribution >= 4 is 17.7 Å². The fourth-order valence-electron chi connectivity index (χ4n) is 2.18. The summed E-state index contributed by atoms with van der Waals surface area (Å²) in [6.07, 6.45) is 0.598. The van der Waals surface area contributed by atoms with Gasteiger partial charge in [0.05, 0.1) is 13.5 Å². The summed E-state index contributed by atoms with van der Waals surface area (Å²) in [6, 6.07) is 7.13. The van der Waals surface area contributed by atoms with Gasteiger partial charge in [-0.05, 0) is 19.1 Å². The summed E-state index contributed by atoms with van der Waals surface area (Å²) < 4.78 is 10.6. The average Bonchev–Trinajstić information content (AvgIpc) is 2.46. The predicted octanol–water partition coefficient (Wildman–Crippen LogP) is 2.17. The number of esters is 1. The van der Waals surface area contributed by atoms with Gasteiger partial charge in [0.25, 0.3) is 0 Å². The number of oxime groups is 1. The molecule has 0 amide bonds. The van der Waals surface area contributed by atoms with Gasteiger partial charge in [-0.25, -0.2) is 4.79 Å². The van der Waals surface area contributed by atoms with E-state index in [1.165, 1.54) is 6.92 Å². The van der Waals surface area contributed by atoms with Crippen LogP contribution in [0.15, 0.2) is 29.4 Å². The SMILES string of the molecule is COc1ccc(C2(C)OC(=O)CCC2=NOC(C)=O)cc1. The summed E-state index contributed by atoms with van der Waals surface area (Å²) in [5.74, 6) is -0.130.